The number of hydrogen-bond donors (Lipinski definition) is 2. The number of halogens is 1. The van der Waals surface area contributed by atoms with Crippen LogP contribution in [0.2, 0.25) is 5.02 Å². The Hall–Kier alpha value is -1.22. The van der Waals surface area contributed by atoms with Gasteiger partial charge in [-0.3, -0.25) is 0 Å². The molecule has 1 aromatic carbocycles. The van der Waals surface area contributed by atoms with E-state index in [9.17, 15) is 4.79 Å². The molecule has 1 saturated carbocycles. The van der Waals surface area contributed by atoms with Crippen molar-refractivity contribution in [2.45, 2.75) is 45.7 Å². The van der Waals surface area contributed by atoms with Crippen LogP contribution >= 0.6 is 11.6 Å². The van der Waals surface area contributed by atoms with E-state index in [1.165, 1.54) is 12.8 Å². The molecule has 3 nitrogen and oxygen atoms in total. The molecule has 2 rings (SSSR count). The van der Waals surface area contributed by atoms with Crippen LogP contribution < -0.4 is 10.6 Å². The summed E-state index contributed by atoms with van der Waals surface area (Å²) in [5, 5.41) is 6.83. The third-order valence-corrected chi connectivity index (χ3v) is 4.22. The normalized spacial score (nSPS) is 17.6. The van der Waals surface area contributed by atoms with Gasteiger partial charge in [-0.25, -0.2) is 4.79 Å². The summed E-state index contributed by atoms with van der Waals surface area (Å²) in [6.07, 6.45) is 2.35. The average molecular weight is 295 g/mol. The number of nitrogens with one attached hydrogen (secondary N) is 2. The Morgan fingerprint density at radius 1 is 1.15 bits per heavy atom. The summed E-state index contributed by atoms with van der Waals surface area (Å²) >= 11 is 5.92. The highest BCUT2D eigenvalue weighted by atomic mass is 35.5. The van der Waals surface area contributed by atoms with Crippen LogP contribution in [0.3, 0.4) is 0 Å². The lowest BCUT2D eigenvalue weighted by Gasteiger charge is -2.23. The number of amides is 2. The fraction of sp³-hybridized carbons (Fsp3) is 0.562. The zero-order valence-electron chi connectivity index (χ0n) is 12.3. The molecule has 2 unspecified atom stereocenters. The molecular formula is C16H23ClN2O. The van der Waals surface area contributed by atoms with Gasteiger partial charge < -0.3 is 10.6 Å². The molecule has 0 aliphatic heterocycles. The monoisotopic (exact) mass is 294 g/mol. The Morgan fingerprint density at radius 2 is 1.75 bits per heavy atom. The van der Waals surface area contributed by atoms with E-state index >= 15 is 0 Å². The fourth-order valence-electron chi connectivity index (χ4n) is 2.13. The molecule has 2 amide bonds. The van der Waals surface area contributed by atoms with Gasteiger partial charge in [0, 0.05) is 11.1 Å². The lowest BCUT2D eigenvalue weighted by Crippen LogP contribution is -2.44. The molecule has 0 heterocycles. The molecule has 0 spiro atoms. The minimum Gasteiger partial charge on any atom is -0.335 e. The number of hydrogen-bond acceptors (Lipinski definition) is 1. The first-order chi connectivity index (χ1) is 9.47. The number of rotatable bonds is 5. The molecule has 1 fully saturated rings. The molecule has 2 atom stereocenters. The van der Waals surface area contributed by atoms with E-state index in [0.29, 0.717) is 11.8 Å². The number of benzene rings is 1. The largest absolute Gasteiger partial charge is 0.335 e. The van der Waals surface area contributed by atoms with Crippen LogP contribution in [0, 0.1) is 11.8 Å². The highest BCUT2D eigenvalue weighted by molar-refractivity contribution is 6.30. The lowest BCUT2D eigenvalue weighted by molar-refractivity contribution is 0.229. The van der Waals surface area contributed by atoms with E-state index < -0.39 is 0 Å². The topological polar surface area (TPSA) is 41.1 Å². The summed E-state index contributed by atoms with van der Waals surface area (Å²) < 4.78 is 0. The van der Waals surface area contributed by atoms with Crippen LogP contribution in [0.4, 0.5) is 4.79 Å². The predicted molar refractivity (Wildman–Crippen MR) is 82.9 cm³/mol. The first-order valence-corrected chi connectivity index (χ1v) is 7.67. The van der Waals surface area contributed by atoms with Gasteiger partial charge in [0.2, 0.25) is 0 Å². The first kappa shape index (κ1) is 15.2. The molecule has 20 heavy (non-hydrogen) atoms. The number of carbonyl (C=O) groups is 1. The van der Waals surface area contributed by atoms with E-state index in [1.807, 2.05) is 31.2 Å². The van der Waals surface area contributed by atoms with Crippen LogP contribution in [0.5, 0.6) is 0 Å². The van der Waals surface area contributed by atoms with Crippen molar-refractivity contribution in [1.82, 2.24) is 10.6 Å². The van der Waals surface area contributed by atoms with Gasteiger partial charge in [-0.05, 0) is 49.3 Å². The van der Waals surface area contributed by atoms with Gasteiger partial charge >= 0.3 is 6.03 Å². The fourth-order valence-corrected chi connectivity index (χ4v) is 2.26. The van der Waals surface area contributed by atoms with Gasteiger partial charge in [0.15, 0.2) is 0 Å². The van der Waals surface area contributed by atoms with E-state index in [4.69, 9.17) is 11.6 Å². The van der Waals surface area contributed by atoms with Crippen molar-refractivity contribution in [3.05, 3.63) is 34.9 Å². The van der Waals surface area contributed by atoms with Crippen LogP contribution in [-0.2, 0) is 0 Å². The molecule has 1 aromatic rings. The standard InChI is InChI=1S/C16H23ClN2O/c1-10(2)11(3)18-16(20)19-15(12-4-5-12)13-6-8-14(17)9-7-13/h6-12,15H,4-5H2,1-3H3,(H2,18,19,20). The maximum atomic E-state index is 12.1. The maximum Gasteiger partial charge on any atom is 0.315 e. The van der Waals surface area contributed by atoms with E-state index in [1.54, 1.807) is 0 Å². The number of urea groups is 1. The summed E-state index contributed by atoms with van der Waals surface area (Å²) in [6, 6.07) is 7.92. The molecule has 1 aliphatic rings. The second-order valence-corrected chi connectivity index (χ2v) is 6.45. The summed E-state index contributed by atoms with van der Waals surface area (Å²) in [5.74, 6) is 0.979. The van der Waals surface area contributed by atoms with Crippen molar-refractivity contribution < 1.29 is 4.79 Å². The third-order valence-electron chi connectivity index (χ3n) is 3.97. The lowest BCUT2D eigenvalue weighted by atomic mass is 10.0. The Kier molecular flexibility index (Phi) is 4.92. The maximum absolute atomic E-state index is 12.1. The van der Waals surface area contributed by atoms with Crippen molar-refractivity contribution in [2.75, 3.05) is 0 Å². The molecule has 4 heteroatoms. The zero-order chi connectivity index (χ0) is 14.7. The summed E-state index contributed by atoms with van der Waals surface area (Å²) in [5.41, 5.74) is 1.13. The van der Waals surface area contributed by atoms with E-state index in [-0.39, 0.29) is 18.1 Å². The van der Waals surface area contributed by atoms with Crippen molar-refractivity contribution in [1.29, 1.82) is 0 Å². The summed E-state index contributed by atoms with van der Waals surface area (Å²) in [4.78, 5) is 12.1. The molecule has 0 saturated heterocycles. The molecule has 2 N–H and O–H groups in total. The minimum absolute atomic E-state index is 0.0851. The molecule has 0 bridgehead atoms. The quantitative estimate of drug-likeness (QED) is 0.842. The van der Waals surface area contributed by atoms with Gasteiger partial charge in [-0.1, -0.05) is 37.6 Å². The SMILES string of the molecule is CC(C)C(C)NC(=O)NC(c1ccc(Cl)cc1)C1CC1. The molecule has 1 aliphatic carbocycles. The molecule has 110 valence electrons. The zero-order valence-corrected chi connectivity index (χ0v) is 13.1. The second kappa shape index (κ2) is 6.49. The average Bonchev–Trinajstić information content (AvgIpc) is 3.21. The smallest absolute Gasteiger partial charge is 0.315 e. The van der Waals surface area contributed by atoms with Crippen LogP contribution in [0.15, 0.2) is 24.3 Å². The summed E-state index contributed by atoms with van der Waals surface area (Å²) in [6.45, 7) is 6.23. The van der Waals surface area contributed by atoms with Crippen LogP contribution in [0.1, 0.15) is 45.2 Å². The van der Waals surface area contributed by atoms with Gasteiger partial charge in [0.05, 0.1) is 6.04 Å². The molecular weight excluding hydrogens is 272 g/mol. The predicted octanol–water partition coefficient (Wildman–Crippen LogP) is 4.13. The Bertz CT molecular complexity index is 454. The highest BCUT2D eigenvalue weighted by Gasteiger charge is 2.33. The Balaban J connectivity index is 1.99. The van der Waals surface area contributed by atoms with Gasteiger partial charge in [0.25, 0.3) is 0 Å². The Labute approximate surface area is 126 Å². The Morgan fingerprint density at radius 3 is 2.25 bits per heavy atom. The van der Waals surface area contributed by atoms with Crippen molar-refractivity contribution in [3.8, 4) is 0 Å². The minimum atomic E-state index is -0.0851. The van der Waals surface area contributed by atoms with E-state index in [0.717, 1.165) is 10.6 Å². The third kappa shape index (κ3) is 4.14. The first-order valence-electron chi connectivity index (χ1n) is 7.30. The van der Waals surface area contributed by atoms with Gasteiger partial charge in [-0.15, -0.1) is 0 Å². The van der Waals surface area contributed by atoms with Crippen LogP contribution in [-0.4, -0.2) is 12.1 Å². The molecule has 0 aromatic heterocycles. The molecule has 0 radical (unpaired) electrons. The highest BCUT2D eigenvalue weighted by Crippen LogP contribution is 2.41. The van der Waals surface area contributed by atoms with E-state index in [2.05, 4.69) is 24.5 Å². The second-order valence-electron chi connectivity index (χ2n) is 6.02. The van der Waals surface area contributed by atoms with Crippen LogP contribution in [0.25, 0.3) is 0 Å². The van der Waals surface area contributed by atoms with Crippen molar-refractivity contribution >= 4 is 17.6 Å². The summed E-state index contributed by atoms with van der Waals surface area (Å²) in [7, 11) is 0. The number of carbonyl (C=O) groups excluding carboxylic acids is 1. The van der Waals surface area contributed by atoms with Crippen molar-refractivity contribution in [3.63, 3.8) is 0 Å². The van der Waals surface area contributed by atoms with Gasteiger partial charge in [-0.2, -0.15) is 0 Å². The van der Waals surface area contributed by atoms with Crippen molar-refractivity contribution in [2.24, 2.45) is 11.8 Å². The van der Waals surface area contributed by atoms with Gasteiger partial charge in [0.1, 0.15) is 0 Å².